The van der Waals surface area contributed by atoms with Crippen molar-refractivity contribution in [2.24, 2.45) is 0 Å². The van der Waals surface area contributed by atoms with Gasteiger partial charge in [0.2, 0.25) is 0 Å². The average Bonchev–Trinajstić information content (AvgIpc) is 1.89. The van der Waals surface area contributed by atoms with E-state index in [0.717, 1.165) is 0 Å². The Labute approximate surface area is 66.5 Å². The normalized spacial score (nSPS) is 8.67. The highest BCUT2D eigenvalue weighted by Gasteiger charge is 1.99. The largest absolute Gasteiger partial charge is 0.542 e. The zero-order chi connectivity index (χ0) is 6.69. The van der Waals surface area contributed by atoms with Crippen molar-refractivity contribution in [3.8, 4) is 0 Å². The monoisotopic (exact) mass is 154 g/mol. The number of halogens is 2. The molecule has 1 aromatic rings. The lowest BCUT2D eigenvalue weighted by atomic mass is 10.3. The Balaban J connectivity index is 3.01. The summed E-state index contributed by atoms with van der Waals surface area (Å²) in [6.45, 7) is 0. The molecule has 9 heavy (non-hydrogen) atoms. The van der Waals surface area contributed by atoms with E-state index in [1.807, 2.05) is 0 Å². The first-order valence-corrected chi connectivity index (χ1v) is 5.48. The fourth-order valence-corrected chi connectivity index (χ4v) is 1.73. The van der Waals surface area contributed by atoms with Crippen molar-refractivity contribution >= 4 is 32.0 Å². The molecular formula is C6H4ClFMg. The van der Waals surface area contributed by atoms with Gasteiger partial charge in [-0.3, -0.25) is 0 Å². The third-order valence-electron chi connectivity index (χ3n) is 1.10. The zero-order valence-electron chi connectivity index (χ0n) is 4.77. The van der Waals surface area contributed by atoms with Gasteiger partial charge in [-0.15, -0.1) is 3.69 Å². The predicted molar refractivity (Wildman–Crippen MR) is 37.6 cm³/mol. The highest BCUT2D eigenvalue weighted by molar-refractivity contribution is 7.01. The van der Waals surface area contributed by atoms with E-state index in [-0.39, 0.29) is 5.82 Å². The minimum atomic E-state index is -0.840. The van der Waals surface area contributed by atoms with Gasteiger partial charge in [-0.2, -0.15) is 0 Å². The van der Waals surface area contributed by atoms with Gasteiger partial charge in [0.15, 0.2) is 0 Å². The molecule has 1 rings (SSSR count). The quantitative estimate of drug-likeness (QED) is 0.536. The van der Waals surface area contributed by atoms with Crippen molar-refractivity contribution in [2.45, 2.75) is 0 Å². The average molecular weight is 155 g/mol. The van der Waals surface area contributed by atoms with Gasteiger partial charge >= 0.3 is 19.3 Å². The molecule has 0 aliphatic rings. The minimum absolute atomic E-state index is 0.167. The van der Waals surface area contributed by atoms with E-state index in [1.165, 1.54) is 6.07 Å². The summed E-state index contributed by atoms with van der Waals surface area (Å²) in [5.74, 6) is -0.167. The van der Waals surface area contributed by atoms with Gasteiger partial charge in [0.1, 0.15) is 0 Å². The SMILES string of the molecule is Fc1cccc[c]1[Mg][Cl]. The molecule has 0 nitrogen and oxygen atoms in total. The molecule has 0 radical (unpaired) electrons. The summed E-state index contributed by atoms with van der Waals surface area (Å²) in [5.41, 5.74) is 0. The maximum absolute atomic E-state index is 12.5. The van der Waals surface area contributed by atoms with Crippen molar-refractivity contribution in [1.82, 2.24) is 0 Å². The van der Waals surface area contributed by atoms with Gasteiger partial charge in [0, 0.05) is 0 Å². The third-order valence-corrected chi connectivity index (χ3v) is 2.83. The Bertz CT molecular complexity index is 202. The van der Waals surface area contributed by atoms with E-state index in [0.29, 0.717) is 3.69 Å². The van der Waals surface area contributed by atoms with Crippen LogP contribution in [0.4, 0.5) is 4.39 Å². The molecule has 44 valence electrons. The maximum Gasteiger partial charge on any atom is 0.542 e. The molecule has 0 atom stereocenters. The highest BCUT2D eigenvalue weighted by atomic mass is 35.5. The van der Waals surface area contributed by atoms with Crippen LogP contribution in [0.25, 0.3) is 0 Å². The Morgan fingerprint density at radius 2 is 2.00 bits per heavy atom. The van der Waals surface area contributed by atoms with Gasteiger partial charge < -0.3 is 9.07 Å². The first kappa shape index (κ1) is 7.31. The molecule has 0 aromatic heterocycles. The van der Waals surface area contributed by atoms with Crippen LogP contribution in [-0.2, 0) is 0 Å². The van der Waals surface area contributed by atoms with Crippen molar-refractivity contribution < 1.29 is 4.39 Å². The molecule has 0 heterocycles. The Morgan fingerprint density at radius 1 is 1.33 bits per heavy atom. The smallest absolute Gasteiger partial charge is 0.335 e. The van der Waals surface area contributed by atoms with Crippen molar-refractivity contribution in [2.75, 3.05) is 0 Å². The first-order chi connectivity index (χ1) is 4.34. The van der Waals surface area contributed by atoms with Crippen LogP contribution < -0.4 is 3.69 Å². The van der Waals surface area contributed by atoms with Crippen molar-refractivity contribution in [3.05, 3.63) is 30.1 Å². The summed E-state index contributed by atoms with van der Waals surface area (Å²) in [4.78, 5) is 0. The number of rotatable bonds is 1. The van der Waals surface area contributed by atoms with E-state index >= 15 is 0 Å². The molecule has 0 amide bonds. The first-order valence-electron chi connectivity index (χ1n) is 2.64. The summed E-state index contributed by atoms with van der Waals surface area (Å²) in [7, 11) is 5.53. The molecule has 1 aromatic carbocycles. The van der Waals surface area contributed by atoms with Gasteiger partial charge in [-0.1, -0.05) is 18.2 Å². The van der Waals surface area contributed by atoms with E-state index < -0.39 is 19.3 Å². The third kappa shape index (κ3) is 1.81. The standard InChI is InChI=1S/C6H4F.ClH.Mg/c7-6-4-2-1-3-5-6;;/h1-4H;1H;/q;;+1/p-1. The minimum Gasteiger partial charge on any atom is -0.335 e. The lowest BCUT2D eigenvalue weighted by Gasteiger charge is -1.93. The maximum atomic E-state index is 12.5. The lowest BCUT2D eigenvalue weighted by Crippen LogP contribution is -2.12. The van der Waals surface area contributed by atoms with Crippen LogP contribution in [0.2, 0.25) is 0 Å². The number of benzene rings is 1. The van der Waals surface area contributed by atoms with Crippen LogP contribution in [0.15, 0.2) is 24.3 Å². The topological polar surface area (TPSA) is 0 Å². The van der Waals surface area contributed by atoms with Crippen molar-refractivity contribution in [1.29, 1.82) is 0 Å². The zero-order valence-corrected chi connectivity index (χ0v) is 6.94. The molecule has 0 unspecified atom stereocenters. The predicted octanol–water partition coefficient (Wildman–Crippen LogP) is 1.31. The van der Waals surface area contributed by atoms with Crippen LogP contribution in [0, 0.1) is 5.82 Å². The molecule has 0 bridgehead atoms. The molecule has 0 saturated heterocycles. The fourth-order valence-electron chi connectivity index (χ4n) is 0.607. The van der Waals surface area contributed by atoms with Crippen LogP contribution in [0.1, 0.15) is 0 Å². The second-order valence-electron chi connectivity index (χ2n) is 1.73. The van der Waals surface area contributed by atoms with E-state index in [4.69, 9.17) is 9.07 Å². The van der Waals surface area contributed by atoms with E-state index in [2.05, 4.69) is 0 Å². The molecule has 3 heteroatoms. The molecule has 0 aliphatic heterocycles. The van der Waals surface area contributed by atoms with Crippen LogP contribution >= 0.6 is 9.07 Å². The van der Waals surface area contributed by atoms with Gasteiger partial charge in [0.25, 0.3) is 0 Å². The molecule has 0 aliphatic carbocycles. The molecular weight excluding hydrogens is 151 g/mol. The van der Waals surface area contributed by atoms with Crippen LogP contribution in [-0.4, -0.2) is 19.3 Å². The second kappa shape index (κ2) is 3.39. The number of hydrogen-bond donors (Lipinski definition) is 0. The Morgan fingerprint density at radius 3 is 2.44 bits per heavy atom. The molecule has 0 spiro atoms. The summed E-state index contributed by atoms with van der Waals surface area (Å²) in [6.07, 6.45) is 0. The summed E-state index contributed by atoms with van der Waals surface area (Å²) < 4.78 is 13.2. The number of hydrogen-bond acceptors (Lipinski definition) is 0. The highest BCUT2D eigenvalue weighted by Crippen LogP contribution is 1.91. The van der Waals surface area contributed by atoms with E-state index in [1.54, 1.807) is 18.2 Å². The fraction of sp³-hybridized carbons (Fsp3) is 0. The Kier molecular flexibility index (Phi) is 2.76. The van der Waals surface area contributed by atoms with E-state index in [9.17, 15) is 4.39 Å². The summed E-state index contributed by atoms with van der Waals surface area (Å²) >= 11 is -0.840. The summed E-state index contributed by atoms with van der Waals surface area (Å²) in [6, 6.07) is 6.63. The van der Waals surface area contributed by atoms with Crippen LogP contribution in [0.5, 0.6) is 0 Å². The molecule has 0 fully saturated rings. The Hall–Kier alpha value is 0.206. The molecule has 0 saturated carbocycles. The van der Waals surface area contributed by atoms with Gasteiger partial charge in [-0.25, -0.2) is 4.39 Å². The van der Waals surface area contributed by atoms with Gasteiger partial charge in [0.05, 0.1) is 5.82 Å². The van der Waals surface area contributed by atoms with Gasteiger partial charge in [-0.05, 0) is 6.07 Å². The molecule has 0 N–H and O–H groups in total. The van der Waals surface area contributed by atoms with Crippen molar-refractivity contribution in [3.63, 3.8) is 0 Å². The van der Waals surface area contributed by atoms with Crippen LogP contribution in [0.3, 0.4) is 0 Å². The summed E-state index contributed by atoms with van der Waals surface area (Å²) in [5, 5.41) is 0. The second-order valence-corrected chi connectivity index (χ2v) is 3.56. The lowest BCUT2D eigenvalue weighted by molar-refractivity contribution is 0.636.